The van der Waals surface area contributed by atoms with Crippen LogP contribution in [0.15, 0.2) is 63.8 Å². The normalized spacial score (nSPS) is 13.8. The molecule has 0 radical (unpaired) electrons. The molecule has 0 saturated carbocycles. The number of anilines is 1. The van der Waals surface area contributed by atoms with Crippen molar-refractivity contribution >= 4 is 40.1 Å². The maximum absolute atomic E-state index is 11.9. The first-order chi connectivity index (χ1) is 16.6. The minimum Gasteiger partial charge on any atom is -0.463 e. The summed E-state index contributed by atoms with van der Waals surface area (Å²) < 4.78 is 16.2. The zero-order valence-corrected chi connectivity index (χ0v) is 19.4. The highest BCUT2D eigenvalue weighted by Gasteiger charge is 2.23. The van der Waals surface area contributed by atoms with Gasteiger partial charge in [0.05, 0.1) is 30.2 Å². The van der Waals surface area contributed by atoms with E-state index in [0.29, 0.717) is 66.3 Å². The van der Waals surface area contributed by atoms with Crippen molar-refractivity contribution in [2.24, 2.45) is 0 Å². The quantitative estimate of drug-likeness (QED) is 0.422. The molecular formula is C24H23N5O4S. The largest absolute Gasteiger partial charge is 0.463 e. The number of thiocarbonyl (C=S) groups is 1. The first-order valence-corrected chi connectivity index (χ1v) is 11.4. The van der Waals surface area contributed by atoms with E-state index in [1.807, 2.05) is 47.4 Å². The molecule has 34 heavy (non-hydrogen) atoms. The number of carbonyl (C=O) groups excluding carboxylic acids is 1. The van der Waals surface area contributed by atoms with Crippen LogP contribution < -0.4 is 5.32 Å². The van der Waals surface area contributed by atoms with Gasteiger partial charge in [-0.3, -0.25) is 0 Å². The molecule has 9 nitrogen and oxygen atoms in total. The summed E-state index contributed by atoms with van der Waals surface area (Å²) in [7, 11) is 0. The summed E-state index contributed by atoms with van der Waals surface area (Å²) in [5, 5.41) is 3.87. The Kier molecular flexibility index (Phi) is 6.13. The summed E-state index contributed by atoms with van der Waals surface area (Å²) in [6.45, 7) is 4.56. The summed E-state index contributed by atoms with van der Waals surface area (Å²) in [5.41, 5.74) is 3.43. The lowest BCUT2D eigenvalue weighted by atomic mass is 10.1. The van der Waals surface area contributed by atoms with Crippen LogP contribution in [0.1, 0.15) is 6.92 Å². The first kappa shape index (κ1) is 21.9. The monoisotopic (exact) mass is 477 g/mol. The van der Waals surface area contributed by atoms with Gasteiger partial charge in [-0.1, -0.05) is 0 Å². The van der Waals surface area contributed by atoms with Crippen LogP contribution in [0.2, 0.25) is 0 Å². The molecule has 1 aromatic carbocycles. The molecule has 4 aromatic rings. The van der Waals surface area contributed by atoms with Gasteiger partial charge in [0.15, 0.2) is 16.6 Å². The molecule has 0 bridgehead atoms. The zero-order chi connectivity index (χ0) is 23.5. The Morgan fingerprint density at radius 2 is 1.59 bits per heavy atom. The van der Waals surface area contributed by atoms with E-state index in [1.54, 1.807) is 24.3 Å². The van der Waals surface area contributed by atoms with E-state index < -0.39 is 0 Å². The number of furan rings is 2. The third-order valence-electron chi connectivity index (χ3n) is 5.52. The molecule has 5 rings (SSSR count). The van der Waals surface area contributed by atoms with Crippen molar-refractivity contribution in [1.82, 2.24) is 19.8 Å². The van der Waals surface area contributed by atoms with Gasteiger partial charge in [0, 0.05) is 31.9 Å². The van der Waals surface area contributed by atoms with Crippen LogP contribution >= 0.6 is 12.2 Å². The number of aromatic nitrogens is 2. The fourth-order valence-electron chi connectivity index (χ4n) is 3.81. The van der Waals surface area contributed by atoms with Gasteiger partial charge in [0.25, 0.3) is 0 Å². The molecule has 4 heterocycles. The molecule has 174 valence electrons. The molecule has 0 aliphatic carbocycles. The van der Waals surface area contributed by atoms with Crippen LogP contribution in [-0.4, -0.2) is 63.8 Å². The van der Waals surface area contributed by atoms with Crippen molar-refractivity contribution in [3.63, 3.8) is 0 Å². The lowest BCUT2D eigenvalue weighted by Crippen LogP contribution is -2.51. The van der Waals surface area contributed by atoms with E-state index in [-0.39, 0.29) is 6.09 Å². The number of fused-ring (bicyclic) bond motifs is 1. The van der Waals surface area contributed by atoms with Crippen LogP contribution in [-0.2, 0) is 4.74 Å². The van der Waals surface area contributed by atoms with Crippen LogP contribution in [0.25, 0.3) is 33.9 Å². The Morgan fingerprint density at radius 1 is 0.971 bits per heavy atom. The third-order valence-corrected chi connectivity index (χ3v) is 5.88. The Bertz CT molecular complexity index is 1300. The number of nitrogens with zero attached hydrogens (tertiary/aromatic N) is 4. The fraction of sp³-hybridized carbons (Fsp3) is 0.250. The predicted molar refractivity (Wildman–Crippen MR) is 131 cm³/mol. The van der Waals surface area contributed by atoms with E-state index in [1.165, 1.54) is 0 Å². The van der Waals surface area contributed by atoms with E-state index >= 15 is 0 Å². The van der Waals surface area contributed by atoms with Gasteiger partial charge >= 0.3 is 6.09 Å². The van der Waals surface area contributed by atoms with Crippen molar-refractivity contribution in [2.75, 3.05) is 38.1 Å². The number of hydrogen-bond donors (Lipinski definition) is 1. The SMILES string of the molecule is CCOC(=O)N1CCN(C(=S)Nc2ccc3nc(-c4ccco4)c(-c4ccco4)nc3c2)CC1. The maximum atomic E-state index is 11.9. The van der Waals surface area contributed by atoms with Crippen molar-refractivity contribution < 1.29 is 18.4 Å². The van der Waals surface area contributed by atoms with E-state index in [9.17, 15) is 4.79 Å². The number of rotatable bonds is 4. The highest BCUT2D eigenvalue weighted by Crippen LogP contribution is 2.32. The average molecular weight is 478 g/mol. The van der Waals surface area contributed by atoms with Gasteiger partial charge in [0.2, 0.25) is 0 Å². The average Bonchev–Trinajstić information content (AvgIpc) is 3.58. The van der Waals surface area contributed by atoms with Gasteiger partial charge in [-0.25, -0.2) is 14.8 Å². The Morgan fingerprint density at radius 3 is 2.18 bits per heavy atom. The predicted octanol–water partition coefficient (Wildman–Crippen LogP) is 4.62. The second-order valence-corrected chi connectivity index (χ2v) is 8.07. The number of nitrogens with one attached hydrogen (secondary N) is 1. The van der Waals surface area contributed by atoms with Crippen molar-refractivity contribution in [3.8, 4) is 22.9 Å². The standard InChI is InChI=1S/C24H23N5O4S/c1-2-31-24(30)29-11-9-28(10-12-29)23(34)25-16-7-8-17-18(15-16)27-22(20-6-4-14-33-20)21(26-17)19-5-3-13-32-19/h3-8,13-15H,2,9-12H2,1H3,(H,25,34). The molecule has 0 atom stereocenters. The lowest BCUT2D eigenvalue weighted by molar-refractivity contribution is 0.0923. The molecule has 3 aromatic heterocycles. The Labute approximate surface area is 201 Å². The second-order valence-electron chi connectivity index (χ2n) is 7.68. The highest BCUT2D eigenvalue weighted by molar-refractivity contribution is 7.80. The first-order valence-electron chi connectivity index (χ1n) is 11.0. The maximum Gasteiger partial charge on any atom is 0.409 e. The van der Waals surface area contributed by atoms with Crippen molar-refractivity contribution in [1.29, 1.82) is 0 Å². The van der Waals surface area contributed by atoms with Gasteiger partial charge in [0.1, 0.15) is 11.4 Å². The zero-order valence-electron chi connectivity index (χ0n) is 18.6. The number of carbonyl (C=O) groups is 1. The van der Waals surface area contributed by atoms with Crippen molar-refractivity contribution in [2.45, 2.75) is 6.92 Å². The van der Waals surface area contributed by atoms with Gasteiger partial charge in [-0.05, 0) is 61.6 Å². The van der Waals surface area contributed by atoms with E-state index in [2.05, 4.69) is 5.32 Å². The molecule has 1 N–H and O–H groups in total. The molecule has 1 saturated heterocycles. The molecule has 0 unspecified atom stereocenters. The molecule has 1 amide bonds. The Balaban J connectivity index is 1.36. The summed E-state index contributed by atoms with van der Waals surface area (Å²) in [5.74, 6) is 1.22. The van der Waals surface area contributed by atoms with Gasteiger partial charge < -0.3 is 28.7 Å². The van der Waals surface area contributed by atoms with Crippen LogP contribution in [0.4, 0.5) is 10.5 Å². The summed E-state index contributed by atoms with van der Waals surface area (Å²) in [6, 6.07) is 13.0. The molecule has 1 aliphatic heterocycles. The lowest BCUT2D eigenvalue weighted by Gasteiger charge is -2.35. The van der Waals surface area contributed by atoms with Gasteiger partial charge in [-0.2, -0.15) is 0 Å². The topological polar surface area (TPSA) is 96.9 Å². The fourth-order valence-corrected chi connectivity index (χ4v) is 4.11. The molecule has 10 heteroatoms. The number of ether oxygens (including phenoxy) is 1. The summed E-state index contributed by atoms with van der Waals surface area (Å²) in [4.78, 5) is 25.3. The number of benzene rings is 1. The van der Waals surface area contributed by atoms with E-state index in [0.717, 1.165) is 11.2 Å². The van der Waals surface area contributed by atoms with Crippen LogP contribution in [0.3, 0.4) is 0 Å². The van der Waals surface area contributed by atoms with Crippen LogP contribution in [0.5, 0.6) is 0 Å². The number of amides is 1. The third kappa shape index (κ3) is 4.44. The summed E-state index contributed by atoms with van der Waals surface area (Å²) in [6.07, 6.45) is 2.93. The number of hydrogen-bond acceptors (Lipinski definition) is 7. The van der Waals surface area contributed by atoms with Crippen molar-refractivity contribution in [3.05, 3.63) is 55.0 Å². The second kappa shape index (κ2) is 9.52. The summed E-state index contributed by atoms with van der Waals surface area (Å²) >= 11 is 5.62. The molecular weight excluding hydrogens is 454 g/mol. The smallest absolute Gasteiger partial charge is 0.409 e. The van der Waals surface area contributed by atoms with Crippen LogP contribution in [0, 0.1) is 0 Å². The van der Waals surface area contributed by atoms with E-state index in [4.69, 9.17) is 35.8 Å². The minimum atomic E-state index is -0.282. The minimum absolute atomic E-state index is 0.282. The molecule has 1 fully saturated rings. The Hall–Kier alpha value is -3.92. The molecule has 1 aliphatic rings. The highest BCUT2D eigenvalue weighted by atomic mass is 32.1. The number of piperazine rings is 1. The van der Waals surface area contributed by atoms with Gasteiger partial charge in [-0.15, -0.1) is 0 Å². The molecule has 0 spiro atoms.